The second kappa shape index (κ2) is 3.89. The molecule has 11 heavy (non-hydrogen) atoms. The van der Waals surface area contributed by atoms with E-state index in [1.54, 1.807) is 0 Å². The standard InChI is InChI=1S/C9H11N.Fe/c1-2-6-9-8(4-1)5-3-7-10-9;/h3,5,7H,1-2,4,6H2;. The summed E-state index contributed by atoms with van der Waals surface area (Å²) in [6, 6.07) is 4.23. The first-order valence-electron chi connectivity index (χ1n) is 3.89. The van der Waals surface area contributed by atoms with Gasteiger partial charge >= 0.3 is 0 Å². The maximum atomic E-state index is 4.32. The summed E-state index contributed by atoms with van der Waals surface area (Å²) in [6.45, 7) is 0. The molecule has 1 aliphatic carbocycles. The molecule has 0 aliphatic heterocycles. The molecule has 1 aromatic rings. The van der Waals surface area contributed by atoms with Crippen molar-refractivity contribution in [2.75, 3.05) is 0 Å². The Morgan fingerprint density at radius 3 is 2.82 bits per heavy atom. The molecule has 0 N–H and O–H groups in total. The Hall–Kier alpha value is -0.331. The van der Waals surface area contributed by atoms with Gasteiger partial charge in [-0.25, -0.2) is 0 Å². The fourth-order valence-electron chi connectivity index (χ4n) is 1.53. The molecule has 60 valence electrons. The zero-order chi connectivity index (χ0) is 6.81. The van der Waals surface area contributed by atoms with Crippen molar-refractivity contribution in [1.82, 2.24) is 4.98 Å². The molecule has 1 heterocycles. The van der Waals surface area contributed by atoms with Crippen molar-refractivity contribution in [3.63, 3.8) is 0 Å². The Labute approximate surface area is 77.7 Å². The van der Waals surface area contributed by atoms with Crippen LogP contribution in [-0.2, 0) is 29.9 Å². The van der Waals surface area contributed by atoms with Gasteiger partial charge in [0.05, 0.1) is 0 Å². The van der Waals surface area contributed by atoms with Gasteiger partial charge in [0.15, 0.2) is 0 Å². The maximum Gasteiger partial charge on any atom is 0.0435 e. The van der Waals surface area contributed by atoms with E-state index in [9.17, 15) is 0 Å². The molecule has 0 bridgehead atoms. The molecular weight excluding hydrogens is 178 g/mol. The quantitative estimate of drug-likeness (QED) is 0.568. The number of nitrogens with zero attached hydrogens (tertiary/aromatic N) is 1. The van der Waals surface area contributed by atoms with Crippen molar-refractivity contribution >= 4 is 0 Å². The third-order valence-electron chi connectivity index (χ3n) is 2.09. The molecule has 1 aliphatic rings. The number of aromatic nitrogens is 1. The summed E-state index contributed by atoms with van der Waals surface area (Å²) >= 11 is 0. The van der Waals surface area contributed by atoms with E-state index in [1.165, 1.54) is 36.9 Å². The van der Waals surface area contributed by atoms with Crippen molar-refractivity contribution in [3.05, 3.63) is 29.6 Å². The van der Waals surface area contributed by atoms with Crippen molar-refractivity contribution in [2.24, 2.45) is 0 Å². The van der Waals surface area contributed by atoms with E-state index in [2.05, 4.69) is 11.1 Å². The minimum Gasteiger partial charge on any atom is -0.261 e. The molecule has 0 amide bonds. The summed E-state index contributed by atoms with van der Waals surface area (Å²) in [7, 11) is 0. The summed E-state index contributed by atoms with van der Waals surface area (Å²) < 4.78 is 0. The Morgan fingerprint density at radius 2 is 2.00 bits per heavy atom. The molecule has 0 atom stereocenters. The SMILES string of the molecule is [Fe].c1cnc2c(c1)CCCC2. The van der Waals surface area contributed by atoms with E-state index < -0.39 is 0 Å². The van der Waals surface area contributed by atoms with Gasteiger partial charge in [-0.1, -0.05) is 6.07 Å². The molecule has 0 fully saturated rings. The van der Waals surface area contributed by atoms with Crippen LogP contribution in [0, 0.1) is 0 Å². The van der Waals surface area contributed by atoms with E-state index in [1.807, 2.05) is 12.3 Å². The molecule has 1 aromatic heterocycles. The number of hydrogen-bond acceptors (Lipinski definition) is 1. The van der Waals surface area contributed by atoms with Gasteiger partial charge in [-0.05, 0) is 37.3 Å². The molecule has 2 rings (SSSR count). The third-order valence-corrected chi connectivity index (χ3v) is 2.09. The van der Waals surface area contributed by atoms with E-state index in [4.69, 9.17) is 0 Å². The Morgan fingerprint density at radius 1 is 1.18 bits per heavy atom. The number of fused-ring (bicyclic) bond motifs is 1. The van der Waals surface area contributed by atoms with Gasteiger partial charge in [0.25, 0.3) is 0 Å². The first-order valence-corrected chi connectivity index (χ1v) is 3.89. The molecule has 0 aromatic carbocycles. The number of aryl methyl sites for hydroxylation is 2. The van der Waals surface area contributed by atoms with Crippen molar-refractivity contribution in [2.45, 2.75) is 25.7 Å². The van der Waals surface area contributed by atoms with Gasteiger partial charge in [-0.3, -0.25) is 4.98 Å². The predicted molar refractivity (Wildman–Crippen MR) is 40.9 cm³/mol. The zero-order valence-corrected chi connectivity index (χ0v) is 7.47. The summed E-state index contributed by atoms with van der Waals surface area (Å²) in [5, 5.41) is 0. The molecule has 0 saturated heterocycles. The van der Waals surface area contributed by atoms with Crippen LogP contribution < -0.4 is 0 Å². The zero-order valence-electron chi connectivity index (χ0n) is 6.36. The normalized spacial score (nSPS) is 14.9. The number of hydrogen-bond donors (Lipinski definition) is 0. The summed E-state index contributed by atoms with van der Waals surface area (Å²) in [6.07, 6.45) is 6.99. The molecule has 0 saturated carbocycles. The van der Waals surface area contributed by atoms with Crippen LogP contribution in [0.15, 0.2) is 18.3 Å². The smallest absolute Gasteiger partial charge is 0.0435 e. The van der Waals surface area contributed by atoms with Crippen molar-refractivity contribution in [3.8, 4) is 0 Å². The fourth-order valence-corrected chi connectivity index (χ4v) is 1.53. The Balaban J connectivity index is 0.000000605. The van der Waals surface area contributed by atoms with Crippen LogP contribution in [0.2, 0.25) is 0 Å². The second-order valence-electron chi connectivity index (χ2n) is 2.82. The molecule has 0 radical (unpaired) electrons. The van der Waals surface area contributed by atoms with Crippen LogP contribution in [0.5, 0.6) is 0 Å². The maximum absolute atomic E-state index is 4.32. The summed E-state index contributed by atoms with van der Waals surface area (Å²) in [5.74, 6) is 0. The minimum absolute atomic E-state index is 0. The van der Waals surface area contributed by atoms with Crippen LogP contribution >= 0.6 is 0 Å². The van der Waals surface area contributed by atoms with E-state index in [-0.39, 0.29) is 17.1 Å². The van der Waals surface area contributed by atoms with Crippen molar-refractivity contribution in [1.29, 1.82) is 0 Å². The van der Waals surface area contributed by atoms with Crippen LogP contribution in [0.3, 0.4) is 0 Å². The van der Waals surface area contributed by atoms with Crippen LogP contribution in [-0.4, -0.2) is 4.98 Å². The van der Waals surface area contributed by atoms with Gasteiger partial charge in [0.1, 0.15) is 0 Å². The predicted octanol–water partition coefficient (Wildman–Crippen LogP) is 1.96. The molecular formula is C9H11FeN. The van der Waals surface area contributed by atoms with Crippen LogP contribution in [0.1, 0.15) is 24.1 Å². The van der Waals surface area contributed by atoms with Gasteiger partial charge in [-0.15, -0.1) is 0 Å². The Kier molecular flexibility index (Phi) is 3.10. The fraction of sp³-hybridized carbons (Fsp3) is 0.444. The molecule has 0 spiro atoms. The third kappa shape index (κ3) is 1.82. The van der Waals surface area contributed by atoms with E-state index >= 15 is 0 Å². The topological polar surface area (TPSA) is 12.9 Å². The summed E-state index contributed by atoms with van der Waals surface area (Å²) in [5.41, 5.74) is 2.79. The molecule has 1 nitrogen and oxygen atoms in total. The van der Waals surface area contributed by atoms with Gasteiger partial charge < -0.3 is 0 Å². The first kappa shape index (κ1) is 8.76. The number of rotatable bonds is 0. The summed E-state index contributed by atoms with van der Waals surface area (Å²) in [4.78, 5) is 4.32. The van der Waals surface area contributed by atoms with Gasteiger partial charge in [-0.2, -0.15) is 0 Å². The van der Waals surface area contributed by atoms with E-state index in [0.717, 1.165) is 0 Å². The monoisotopic (exact) mass is 189 g/mol. The number of pyridine rings is 1. The Bertz CT molecular complexity index is 210. The first-order chi connectivity index (χ1) is 4.97. The molecule has 0 unspecified atom stereocenters. The van der Waals surface area contributed by atoms with E-state index in [0.29, 0.717) is 0 Å². The van der Waals surface area contributed by atoms with Gasteiger partial charge in [0, 0.05) is 29.0 Å². The van der Waals surface area contributed by atoms with Crippen LogP contribution in [0.25, 0.3) is 0 Å². The van der Waals surface area contributed by atoms with Gasteiger partial charge in [0.2, 0.25) is 0 Å². The van der Waals surface area contributed by atoms with Crippen molar-refractivity contribution < 1.29 is 17.1 Å². The largest absolute Gasteiger partial charge is 0.261 e. The second-order valence-corrected chi connectivity index (χ2v) is 2.82. The van der Waals surface area contributed by atoms with Crippen LogP contribution in [0.4, 0.5) is 0 Å². The molecule has 2 heteroatoms. The average molecular weight is 189 g/mol. The average Bonchev–Trinajstić information content (AvgIpc) is 2.05. The minimum atomic E-state index is 0.